The highest BCUT2D eigenvalue weighted by Gasteiger charge is 2.53. The van der Waals surface area contributed by atoms with Crippen LogP contribution in [0.1, 0.15) is 42.9 Å². The smallest absolute Gasteiger partial charge is 0.246 e. The van der Waals surface area contributed by atoms with Gasteiger partial charge >= 0.3 is 0 Å². The van der Waals surface area contributed by atoms with Crippen molar-refractivity contribution in [2.24, 2.45) is 5.92 Å². The second-order valence-electron chi connectivity index (χ2n) is 9.68. The van der Waals surface area contributed by atoms with E-state index in [2.05, 4.69) is 30.0 Å². The summed E-state index contributed by atoms with van der Waals surface area (Å²) in [7, 11) is 3.70. The molecule has 0 radical (unpaired) electrons. The molecule has 1 saturated carbocycles. The van der Waals surface area contributed by atoms with Crippen LogP contribution in [0.15, 0.2) is 47.3 Å². The number of ether oxygens (including phenoxy) is 1. The molecule has 5 rings (SSSR count). The summed E-state index contributed by atoms with van der Waals surface area (Å²) in [6, 6.07) is 8.84. The Labute approximate surface area is 184 Å². The molecular formula is C26H32N2O3. The van der Waals surface area contributed by atoms with Crippen LogP contribution in [0.25, 0.3) is 6.08 Å². The minimum absolute atomic E-state index is 0.0436. The van der Waals surface area contributed by atoms with Crippen LogP contribution in [-0.2, 0) is 16.6 Å². The molecular weight excluding hydrogens is 388 g/mol. The summed E-state index contributed by atoms with van der Waals surface area (Å²) in [5.41, 5.74) is 3.56. The molecule has 2 fully saturated rings. The highest BCUT2D eigenvalue weighted by Crippen LogP contribution is 2.48. The fourth-order valence-electron chi connectivity index (χ4n) is 5.80. The van der Waals surface area contributed by atoms with Crippen molar-refractivity contribution in [2.45, 2.75) is 50.1 Å². The summed E-state index contributed by atoms with van der Waals surface area (Å²) < 4.78 is 10.7. The topological polar surface area (TPSA) is 45.9 Å². The number of methoxy groups -OCH3 is 1. The molecule has 1 saturated heterocycles. The zero-order chi connectivity index (χ0) is 21.6. The van der Waals surface area contributed by atoms with E-state index in [1.165, 1.54) is 24.0 Å². The largest absolute Gasteiger partial charge is 0.497 e. The van der Waals surface area contributed by atoms with Crippen LogP contribution in [0.5, 0.6) is 5.75 Å². The molecule has 3 atom stereocenters. The van der Waals surface area contributed by atoms with Gasteiger partial charge in [0.15, 0.2) is 0 Å². The van der Waals surface area contributed by atoms with Gasteiger partial charge in [-0.05, 0) is 73.5 Å². The van der Waals surface area contributed by atoms with Crippen LogP contribution < -0.4 is 4.74 Å². The molecule has 2 bridgehead atoms. The third-order valence-corrected chi connectivity index (χ3v) is 7.68. The summed E-state index contributed by atoms with van der Waals surface area (Å²) in [6.07, 6.45) is 11.5. The Kier molecular flexibility index (Phi) is 5.17. The fraction of sp³-hybridized carbons (Fsp3) is 0.500. The van der Waals surface area contributed by atoms with Gasteiger partial charge in [-0.15, -0.1) is 0 Å². The van der Waals surface area contributed by atoms with Crippen molar-refractivity contribution in [3.05, 3.63) is 59.6 Å². The Morgan fingerprint density at radius 1 is 1.35 bits per heavy atom. The van der Waals surface area contributed by atoms with E-state index >= 15 is 0 Å². The molecule has 0 unspecified atom stereocenters. The summed E-state index contributed by atoms with van der Waals surface area (Å²) in [4.78, 5) is 17.9. The summed E-state index contributed by atoms with van der Waals surface area (Å²) in [5, 5.41) is 0. The molecule has 1 aromatic carbocycles. The van der Waals surface area contributed by atoms with Gasteiger partial charge in [-0.2, -0.15) is 0 Å². The van der Waals surface area contributed by atoms with Gasteiger partial charge in [0.25, 0.3) is 0 Å². The van der Waals surface area contributed by atoms with Gasteiger partial charge in [-0.1, -0.05) is 13.0 Å². The van der Waals surface area contributed by atoms with Gasteiger partial charge in [-0.25, -0.2) is 0 Å². The number of benzene rings is 1. The lowest BCUT2D eigenvalue weighted by atomic mass is 9.61. The van der Waals surface area contributed by atoms with Crippen LogP contribution in [0.2, 0.25) is 0 Å². The van der Waals surface area contributed by atoms with Crippen molar-refractivity contribution >= 4 is 12.0 Å². The number of amides is 1. The molecule has 2 aromatic rings. The number of nitrogens with zero attached hydrogens (tertiary/aromatic N) is 2. The van der Waals surface area contributed by atoms with Crippen molar-refractivity contribution in [3.8, 4) is 5.75 Å². The Hall–Kier alpha value is -2.53. The van der Waals surface area contributed by atoms with Gasteiger partial charge in [-0.3, -0.25) is 9.69 Å². The first kappa shape index (κ1) is 20.4. The summed E-state index contributed by atoms with van der Waals surface area (Å²) in [6.45, 7) is 4.60. The van der Waals surface area contributed by atoms with Crippen molar-refractivity contribution in [2.75, 3.05) is 27.2 Å². The number of rotatable bonds is 6. The van der Waals surface area contributed by atoms with Crippen LogP contribution >= 0.6 is 0 Å². The summed E-state index contributed by atoms with van der Waals surface area (Å²) >= 11 is 0. The Bertz CT molecular complexity index is 979. The lowest BCUT2D eigenvalue weighted by Crippen LogP contribution is -2.68. The first-order valence-electron chi connectivity index (χ1n) is 11.4. The standard InChI is InChI=1S/C26H32N2O3/c1-26-11-12-28(16-18-4-5-18)23(14-20-7-8-21(30-3)15-22(20)26)25(26)27(2)24(29)9-6-19-10-13-31-17-19/h6-10,13,15,17-18,23,25H,4-5,11-12,14,16H2,1-3H3/b9-6+/t23-,25-,26+/m1/s1. The fourth-order valence-corrected chi connectivity index (χ4v) is 5.80. The van der Waals surface area contributed by atoms with Crippen LogP contribution in [0, 0.1) is 5.92 Å². The maximum Gasteiger partial charge on any atom is 0.246 e. The van der Waals surface area contributed by atoms with Crippen LogP contribution in [-0.4, -0.2) is 55.0 Å². The number of hydrogen-bond acceptors (Lipinski definition) is 4. The molecule has 31 heavy (non-hydrogen) atoms. The molecule has 5 nitrogen and oxygen atoms in total. The van der Waals surface area contributed by atoms with Crippen molar-refractivity contribution in [3.63, 3.8) is 0 Å². The van der Waals surface area contributed by atoms with Gasteiger partial charge in [0.05, 0.1) is 25.7 Å². The Morgan fingerprint density at radius 3 is 2.90 bits per heavy atom. The number of carbonyl (C=O) groups excluding carboxylic acids is 1. The maximum atomic E-state index is 13.3. The van der Waals surface area contributed by atoms with Gasteiger partial charge in [0.1, 0.15) is 5.75 Å². The number of furan rings is 1. The quantitative estimate of drug-likeness (QED) is 0.660. The third-order valence-electron chi connectivity index (χ3n) is 7.68. The van der Waals surface area contributed by atoms with Crippen molar-refractivity contribution in [1.29, 1.82) is 0 Å². The normalized spacial score (nSPS) is 27.8. The molecule has 1 amide bonds. The number of likely N-dealkylation sites (N-methyl/N-ethyl adjacent to an activating group) is 1. The third kappa shape index (κ3) is 3.69. The Morgan fingerprint density at radius 2 is 2.19 bits per heavy atom. The van der Waals surface area contributed by atoms with E-state index in [-0.39, 0.29) is 17.4 Å². The highest BCUT2D eigenvalue weighted by atomic mass is 16.5. The number of piperidine rings is 1. The number of fused-ring (bicyclic) bond motifs is 4. The molecule has 0 spiro atoms. The zero-order valence-electron chi connectivity index (χ0n) is 18.7. The SMILES string of the molecule is COc1ccc2c(c1)[C@]1(C)CCN(CC3CC3)[C@H](C2)[C@H]1N(C)C(=O)/C=C/c1ccoc1. The highest BCUT2D eigenvalue weighted by molar-refractivity contribution is 5.92. The first-order valence-corrected chi connectivity index (χ1v) is 11.4. The lowest BCUT2D eigenvalue weighted by Gasteiger charge is -2.58. The molecule has 3 aliphatic rings. The predicted molar refractivity (Wildman–Crippen MR) is 121 cm³/mol. The second kappa shape index (κ2) is 7.86. The van der Waals surface area contributed by atoms with E-state index in [4.69, 9.17) is 9.15 Å². The van der Waals surface area contributed by atoms with E-state index in [0.29, 0.717) is 6.04 Å². The minimum atomic E-state index is -0.0965. The number of hydrogen-bond donors (Lipinski definition) is 0. The molecule has 1 aliphatic heterocycles. The van der Waals surface area contributed by atoms with Gasteiger partial charge in [0.2, 0.25) is 5.91 Å². The molecule has 0 N–H and O–H groups in total. The van der Waals surface area contributed by atoms with E-state index in [1.54, 1.807) is 25.7 Å². The monoisotopic (exact) mass is 420 g/mol. The summed E-state index contributed by atoms with van der Waals surface area (Å²) in [5.74, 6) is 1.78. The second-order valence-corrected chi connectivity index (χ2v) is 9.68. The first-order chi connectivity index (χ1) is 15.0. The van der Waals surface area contributed by atoms with E-state index in [1.807, 2.05) is 24.1 Å². The van der Waals surface area contributed by atoms with Crippen molar-refractivity contribution in [1.82, 2.24) is 9.80 Å². The number of carbonyl (C=O) groups is 1. The van der Waals surface area contributed by atoms with Crippen LogP contribution in [0.3, 0.4) is 0 Å². The average molecular weight is 421 g/mol. The van der Waals surface area contributed by atoms with Gasteiger partial charge < -0.3 is 14.1 Å². The molecule has 164 valence electrons. The Balaban J connectivity index is 1.50. The molecule has 5 heteroatoms. The zero-order valence-corrected chi connectivity index (χ0v) is 18.7. The van der Waals surface area contributed by atoms with E-state index in [0.717, 1.165) is 43.2 Å². The lowest BCUT2D eigenvalue weighted by molar-refractivity contribution is -0.132. The van der Waals surface area contributed by atoms with E-state index < -0.39 is 0 Å². The predicted octanol–water partition coefficient (Wildman–Crippen LogP) is 4.13. The number of likely N-dealkylation sites (tertiary alicyclic amines) is 1. The van der Waals surface area contributed by atoms with E-state index in [9.17, 15) is 4.79 Å². The molecule has 2 aliphatic carbocycles. The van der Waals surface area contributed by atoms with Crippen molar-refractivity contribution < 1.29 is 13.9 Å². The molecule has 1 aromatic heterocycles. The average Bonchev–Trinajstić information content (AvgIpc) is 3.44. The van der Waals surface area contributed by atoms with Gasteiger partial charge in [0, 0.05) is 36.7 Å². The molecule has 2 heterocycles. The maximum absolute atomic E-state index is 13.3. The van der Waals surface area contributed by atoms with Crippen LogP contribution in [0.4, 0.5) is 0 Å². The minimum Gasteiger partial charge on any atom is -0.497 e.